The standard InChI is InChI=1S/2C6H6O2.C2H6O/c2*7-5-1-2-6(8)4-3-5;1-3-2/h2*1-4,7-8H;1-2H3. The van der Waals surface area contributed by atoms with Crippen LogP contribution in [0, 0.1) is 0 Å². The van der Waals surface area contributed by atoms with Gasteiger partial charge in [-0.1, -0.05) is 0 Å². The van der Waals surface area contributed by atoms with Gasteiger partial charge in [0.25, 0.3) is 0 Å². The minimum atomic E-state index is 0.169. The molecule has 0 aromatic heterocycles. The van der Waals surface area contributed by atoms with Crippen LogP contribution < -0.4 is 0 Å². The molecule has 5 heteroatoms. The van der Waals surface area contributed by atoms with E-state index in [1.54, 1.807) is 14.2 Å². The van der Waals surface area contributed by atoms with E-state index in [2.05, 4.69) is 4.74 Å². The highest BCUT2D eigenvalue weighted by Gasteiger charge is 1.84. The lowest BCUT2D eigenvalue weighted by Gasteiger charge is -1.88. The van der Waals surface area contributed by atoms with Gasteiger partial charge in [-0.15, -0.1) is 0 Å². The Labute approximate surface area is 112 Å². The molecule has 0 radical (unpaired) electrons. The molecule has 0 aliphatic heterocycles. The lowest BCUT2D eigenvalue weighted by Crippen LogP contribution is -1.61. The van der Waals surface area contributed by atoms with E-state index < -0.39 is 0 Å². The summed E-state index contributed by atoms with van der Waals surface area (Å²) in [6.45, 7) is 0. The van der Waals surface area contributed by atoms with E-state index in [4.69, 9.17) is 20.4 Å². The van der Waals surface area contributed by atoms with Crippen molar-refractivity contribution in [1.82, 2.24) is 0 Å². The van der Waals surface area contributed by atoms with Crippen LogP contribution in [0.25, 0.3) is 0 Å². The number of phenols is 4. The summed E-state index contributed by atoms with van der Waals surface area (Å²) in [6.07, 6.45) is 0. The molecule has 0 saturated heterocycles. The van der Waals surface area contributed by atoms with Crippen molar-refractivity contribution in [2.45, 2.75) is 0 Å². The second-order valence-corrected chi connectivity index (χ2v) is 3.44. The largest absolute Gasteiger partial charge is 0.508 e. The zero-order valence-electron chi connectivity index (χ0n) is 10.8. The maximum Gasteiger partial charge on any atom is 0.115 e. The lowest BCUT2D eigenvalue weighted by molar-refractivity contribution is 0.277. The number of hydrogen-bond acceptors (Lipinski definition) is 5. The summed E-state index contributed by atoms with van der Waals surface area (Å²) in [5.74, 6) is 0.677. The first-order valence-electron chi connectivity index (χ1n) is 5.35. The molecule has 2 aromatic carbocycles. The van der Waals surface area contributed by atoms with Crippen LogP contribution in [0.5, 0.6) is 23.0 Å². The third kappa shape index (κ3) is 9.31. The van der Waals surface area contributed by atoms with Crippen LogP contribution >= 0.6 is 0 Å². The van der Waals surface area contributed by atoms with Gasteiger partial charge < -0.3 is 25.2 Å². The predicted molar refractivity (Wildman–Crippen MR) is 72.5 cm³/mol. The third-order valence-corrected chi connectivity index (χ3v) is 1.70. The highest BCUT2D eigenvalue weighted by molar-refractivity contribution is 5.29. The fraction of sp³-hybridized carbons (Fsp3) is 0.143. The molecular formula is C14H18O5. The SMILES string of the molecule is COC.Oc1ccc(O)cc1.Oc1ccc(O)cc1. The van der Waals surface area contributed by atoms with Crippen LogP contribution in [-0.4, -0.2) is 34.6 Å². The molecular weight excluding hydrogens is 248 g/mol. The number of phenolic OH excluding ortho intramolecular Hbond substituents is 4. The summed E-state index contributed by atoms with van der Waals surface area (Å²) >= 11 is 0. The average molecular weight is 266 g/mol. The van der Waals surface area contributed by atoms with E-state index in [9.17, 15) is 0 Å². The third-order valence-electron chi connectivity index (χ3n) is 1.70. The van der Waals surface area contributed by atoms with Crippen LogP contribution in [0.15, 0.2) is 48.5 Å². The average Bonchev–Trinajstić information content (AvgIpc) is 2.38. The molecule has 0 atom stereocenters. The maximum absolute atomic E-state index is 8.65. The molecule has 2 rings (SSSR count). The summed E-state index contributed by atoms with van der Waals surface area (Å²) in [5, 5.41) is 34.6. The number of ether oxygens (including phenoxy) is 1. The van der Waals surface area contributed by atoms with Gasteiger partial charge in [0.15, 0.2) is 0 Å². The first-order valence-corrected chi connectivity index (χ1v) is 5.35. The van der Waals surface area contributed by atoms with Crippen molar-refractivity contribution in [3.63, 3.8) is 0 Å². The molecule has 0 saturated carbocycles. The number of aromatic hydroxyl groups is 4. The zero-order chi connectivity index (χ0) is 14.7. The Balaban J connectivity index is 0.000000284. The van der Waals surface area contributed by atoms with Gasteiger partial charge in [-0.25, -0.2) is 0 Å². The Kier molecular flexibility index (Phi) is 8.40. The van der Waals surface area contributed by atoms with E-state index in [1.807, 2.05) is 0 Å². The molecule has 0 aliphatic rings. The Morgan fingerprint density at radius 2 is 0.632 bits per heavy atom. The summed E-state index contributed by atoms with van der Waals surface area (Å²) in [6, 6.07) is 11.4. The van der Waals surface area contributed by atoms with E-state index in [-0.39, 0.29) is 23.0 Å². The van der Waals surface area contributed by atoms with Crippen molar-refractivity contribution in [2.75, 3.05) is 14.2 Å². The lowest BCUT2D eigenvalue weighted by atomic mass is 10.3. The Hall–Kier alpha value is -2.40. The number of methoxy groups -OCH3 is 1. The fourth-order valence-electron chi connectivity index (χ4n) is 0.905. The van der Waals surface area contributed by atoms with Crippen LogP contribution in [0.1, 0.15) is 0 Å². The van der Waals surface area contributed by atoms with Crippen molar-refractivity contribution < 1.29 is 25.2 Å². The van der Waals surface area contributed by atoms with E-state index in [1.165, 1.54) is 48.5 Å². The summed E-state index contributed by atoms with van der Waals surface area (Å²) in [4.78, 5) is 0. The van der Waals surface area contributed by atoms with Gasteiger partial charge in [0.05, 0.1) is 0 Å². The highest BCUT2D eigenvalue weighted by atomic mass is 16.4. The van der Waals surface area contributed by atoms with Crippen molar-refractivity contribution in [2.24, 2.45) is 0 Å². The van der Waals surface area contributed by atoms with Gasteiger partial charge >= 0.3 is 0 Å². The van der Waals surface area contributed by atoms with Gasteiger partial charge in [-0.2, -0.15) is 0 Å². The van der Waals surface area contributed by atoms with Crippen molar-refractivity contribution in [3.05, 3.63) is 48.5 Å². The molecule has 2 aromatic rings. The first-order chi connectivity index (χ1) is 8.99. The molecule has 0 fully saturated rings. The van der Waals surface area contributed by atoms with E-state index in [0.29, 0.717) is 0 Å². The van der Waals surface area contributed by atoms with Crippen LogP contribution in [0.2, 0.25) is 0 Å². The summed E-state index contributed by atoms with van der Waals surface area (Å²) in [7, 11) is 3.25. The molecule has 0 heterocycles. The van der Waals surface area contributed by atoms with Crippen LogP contribution in [-0.2, 0) is 4.74 Å². The Morgan fingerprint density at radius 3 is 0.737 bits per heavy atom. The molecule has 19 heavy (non-hydrogen) atoms. The Morgan fingerprint density at radius 1 is 0.526 bits per heavy atom. The second-order valence-electron chi connectivity index (χ2n) is 3.44. The van der Waals surface area contributed by atoms with Gasteiger partial charge in [0, 0.05) is 14.2 Å². The van der Waals surface area contributed by atoms with Gasteiger partial charge in [-0.05, 0) is 48.5 Å². The summed E-state index contributed by atoms with van der Waals surface area (Å²) in [5.41, 5.74) is 0. The van der Waals surface area contributed by atoms with E-state index in [0.717, 1.165) is 0 Å². The van der Waals surface area contributed by atoms with Crippen molar-refractivity contribution >= 4 is 0 Å². The molecule has 0 bridgehead atoms. The predicted octanol–water partition coefficient (Wildman–Crippen LogP) is 2.46. The molecule has 0 aliphatic carbocycles. The maximum atomic E-state index is 8.65. The Bertz CT molecular complexity index is 351. The minimum Gasteiger partial charge on any atom is -0.508 e. The van der Waals surface area contributed by atoms with E-state index >= 15 is 0 Å². The zero-order valence-corrected chi connectivity index (χ0v) is 10.8. The van der Waals surface area contributed by atoms with Crippen LogP contribution in [0.3, 0.4) is 0 Å². The molecule has 0 spiro atoms. The van der Waals surface area contributed by atoms with Crippen LogP contribution in [0.4, 0.5) is 0 Å². The molecule has 4 N–H and O–H groups in total. The van der Waals surface area contributed by atoms with Gasteiger partial charge in [0.2, 0.25) is 0 Å². The smallest absolute Gasteiger partial charge is 0.115 e. The number of rotatable bonds is 0. The highest BCUT2D eigenvalue weighted by Crippen LogP contribution is 2.13. The van der Waals surface area contributed by atoms with Gasteiger partial charge in [0.1, 0.15) is 23.0 Å². The quantitative estimate of drug-likeness (QED) is 0.550. The number of hydrogen-bond donors (Lipinski definition) is 4. The topological polar surface area (TPSA) is 90.2 Å². The normalized spacial score (nSPS) is 8.53. The van der Waals surface area contributed by atoms with Gasteiger partial charge in [-0.3, -0.25) is 0 Å². The van der Waals surface area contributed by atoms with Crippen molar-refractivity contribution in [1.29, 1.82) is 0 Å². The second kappa shape index (κ2) is 9.61. The first kappa shape index (κ1) is 16.6. The molecule has 5 nitrogen and oxygen atoms in total. The number of benzene rings is 2. The molecule has 0 unspecified atom stereocenters. The molecule has 0 amide bonds. The van der Waals surface area contributed by atoms with Crippen molar-refractivity contribution in [3.8, 4) is 23.0 Å². The molecule has 104 valence electrons. The minimum absolute atomic E-state index is 0.169. The monoisotopic (exact) mass is 266 g/mol. The summed E-state index contributed by atoms with van der Waals surface area (Å²) < 4.78 is 4.25. The fourth-order valence-corrected chi connectivity index (χ4v) is 0.905.